The number of carbonyl (C=O) groups excluding carboxylic acids is 12. The van der Waals surface area contributed by atoms with Crippen molar-refractivity contribution in [2.24, 2.45) is 105 Å². The number of rotatable bonds is 40. The molecule has 802 valence electrons. The molecule has 28 heteroatoms. The summed E-state index contributed by atoms with van der Waals surface area (Å²) in [6.45, 7) is 37.8. The highest BCUT2D eigenvalue weighted by Gasteiger charge is 2.56. The Balaban J connectivity index is -0.000000235. The van der Waals surface area contributed by atoms with E-state index in [1.165, 1.54) is 14.2 Å². The summed E-state index contributed by atoms with van der Waals surface area (Å²) < 4.78 is 84.2. The second kappa shape index (κ2) is 70.2. The van der Waals surface area contributed by atoms with Crippen molar-refractivity contribution in [2.75, 3.05) is 67.8 Å². The monoisotopic (exact) mass is 1940 g/mol. The zero-order valence-electron chi connectivity index (χ0n) is 78.8. The van der Waals surface area contributed by atoms with Gasteiger partial charge in [0.1, 0.15) is 48.8 Å². The minimum absolute atomic E-state index is 0. The van der Waals surface area contributed by atoms with Crippen LogP contribution >= 0.6 is 0 Å². The first-order valence-electron chi connectivity index (χ1n) is 46.7. The lowest BCUT2D eigenvalue weighted by Gasteiger charge is -2.31. The van der Waals surface area contributed by atoms with E-state index in [0.29, 0.717) is 36.9 Å². The highest BCUT2D eigenvalue weighted by atomic mass is 16.7. The Morgan fingerprint density at radius 1 is 0.311 bits per heavy atom. The second-order valence-corrected chi connectivity index (χ2v) is 38.0. The SMILES string of the molecule is C.C.C.C.C.C.C.C.C.C.C.C.CCC(C)(C)C(=O)OC1CC2CC(C(=O)OCOC)C1C2.CCC(C)C(=O)OC1CC2CC(C(=O)OCOC)C1C2.CCC(C)C(=O)OCCC(=O)OC1(CC)CCCC1.CCC1(OC(=O)CCOC(=O)C(C)(C)CC)CCCC1.CCOCOC(=O)C1CC2CC(OC(=O)C(C)(C)CC)C1C2.CCOCOC(=O)C1CC2CC(OC(=O)C(C)CC)C1C2. The summed E-state index contributed by atoms with van der Waals surface area (Å²) >= 11 is 0. The topological polar surface area (TPSA) is 353 Å². The van der Waals surface area contributed by atoms with Gasteiger partial charge in [0.2, 0.25) is 0 Å². The second-order valence-electron chi connectivity index (χ2n) is 38.0. The molecular formula is C107H206O28. The van der Waals surface area contributed by atoms with Gasteiger partial charge in [-0.25, -0.2) is 0 Å². The van der Waals surface area contributed by atoms with Crippen LogP contribution in [0.2, 0.25) is 0 Å². The van der Waals surface area contributed by atoms with E-state index >= 15 is 0 Å². The summed E-state index contributed by atoms with van der Waals surface area (Å²) in [4.78, 5) is 143. The van der Waals surface area contributed by atoms with Gasteiger partial charge in [-0.05, 0) is 259 Å². The molecular weight excluding hydrogens is 1730 g/mol. The van der Waals surface area contributed by atoms with Crippen molar-refractivity contribution in [3.63, 3.8) is 0 Å². The molecule has 19 unspecified atom stereocenters. The van der Waals surface area contributed by atoms with Crippen LogP contribution in [0.1, 0.15) is 413 Å². The number of hydrogen-bond donors (Lipinski definition) is 0. The molecule has 28 nitrogen and oxygen atoms in total. The fraction of sp³-hybridized carbons (Fsp3) is 0.888. The van der Waals surface area contributed by atoms with E-state index < -0.39 is 16.2 Å². The molecule has 0 aromatic rings. The molecule has 0 spiro atoms. The number of hydrogen-bond acceptors (Lipinski definition) is 28. The summed E-state index contributed by atoms with van der Waals surface area (Å²) in [6, 6.07) is 0. The number of ether oxygens (including phenoxy) is 16. The fourth-order valence-electron chi connectivity index (χ4n) is 18.3. The summed E-state index contributed by atoms with van der Waals surface area (Å²) in [5, 5.41) is 0. The van der Waals surface area contributed by atoms with E-state index in [0.717, 1.165) is 180 Å². The predicted molar refractivity (Wildman–Crippen MR) is 536 cm³/mol. The van der Waals surface area contributed by atoms with Crippen LogP contribution in [0.5, 0.6) is 0 Å². The normalized spacial score (nSPS) is 25.0. The van der Waals surface area contributed by atoms with E-state index in [4.69, 9.17) is 75.8 Å². The summed E-state index contributed by atoms with van der Waals surface area (Å²) in [5.74, 6) is -0.933. The van der Waals surface area contributed by atoms with E-state index in [-0.39, 0.29) is 315 Å². The maximum atomic E-state index is 12.3. The van der Waals surface area contributed by atoms with Crippen LogP contribution < -0.4 is 0 Å². The first kappa shape index (κ1) is 144. The number of carbonyl (C=O) groups is 12. The molecule has 10 rings (SSSR count). The van der Waals surface area contributed by atoms with Gasteiger partial charge in [0, 0.05) is 51.1 Å². The van der Waals surface area contributed by atoms with Gasteiger partial charge in [-0.1, -0.05) is 165 Å². The van der Waals surface area contributed by atoms with Crippen LogP contribution in [-0.4, -0.2) is 175 Å². The molecule has 0 aromatic heterocycles. The molecule has 0 radical (unpaired) electrons. The van der Waals surface area contributed by atoms with Crippen molar-refractivity contribution >= 4 is 71.6 Å². The zero-order valence-corrected chi connectivity index (χ0v) is 78.8. The highest BCUT2D eigenvalue weighted by molar-refractivity contribution is 5.80. The van der Waals surface area contributed by atoms with Crippen molar-refractivity contribution in [1.29, 1.82) is 0 Å². The Morgan fingerprint density at radius 2 is 0.563 bits per heavy atom. The van der Waals surface area contributed by atoms with Crippen LogP contribution in [-0.2, 0) is 133 Å². The van der Waals surface area contributed by atoms with Gasteiger partial charge in [-0.3, -0.25) is 57.5 Å². The fourth-order valence-corrected chi connectivity index (χ4v) is 18.3. The molecule has 0 saturated heterocycles. The molecule has 10 saturated carbocycles. The molecule has 10 aliphatic carbocycles. The van der Waals surface area contributed by atoms with Gasteiger partial charge in [0.25, 0.3) is 0 Å². The lowest BCUT2D eigenvalue weighted by atomic mass is 9.86. The third-order valence-corrected chi connectivity index (χ3v) is 28.3. The first-order valence-corrected chi connectivity index (χ1v) is 46.7. The van der Waals surface area contributed by atoms with Crippen molar-refractivity contribution in [3.05, 3.63) is 0 Å². The number of fused-ring (bicyclic) bond motifs is 8. The maximum absolute atomic E-state index is 12.3. The maximum Gasteiger partial charge on any atom is 0.311 e. The average Bonchev–Trinajstić information content (AvgIpc) is 1.65. The molecule has 0 aliphatic heterocycles. The van der Waals surface area contributed by atoms with E-state index in [9.17, 15) is 57.5 Å². The molecule has 0 N–H and O–H groups in total. The quantitative estimate of drug-likeness (QED) is 0.0238. The Labute approximate surface area is 822 Å². The summed E-state index contributed by atoms with van der Waals surface area (Å²) in [6.07, 6.45) is 25.2. The number of esters is 12. The molecule has 8 bridgehead atoms. The minimum atomic E-state index is -0.486. The van der Waals surface area contributed by atoms with Crippen LogP contribution in [0.3, 0.4) is 0 Å². The molecule has 135 heavy (non-hydrogen) atoms. The molecule has 0 heterocycles. The molecule has 0 amide bonds. The van der Waals surface area contributed by atoms with Crippen LogP contribution in [0, 0.1) is 105 Å². The molecule has 19 atom stereocenters. The molecule has 0 aromatic carbocycles. The first-order chi connectivity index (χ1) is 58.3. The third kappa shape index (κ3) is 43.6. The van der Waals surface area contributed by atoms with E-state index in [1.54, 1.807) is 0 Å². The predicted octanol–water partition coefficient (Wildman–Crippen LogP) is 24.6. The Bertz CT molecular complexity index is 3320. The standard InChI is InChI=1S/C17H28O5.2C16H26O5.C16H28O4.C15H24O5.C15H26O4.12CH4/c1-5-17(3,4)16(19)22-14-9-11-7-12(14)13(8-11)15(18)21-10-20-6-2;1-5-16(2,3)15(18)21-13-8-10-6-11(13)12(7-10)14(17)20-9-19-4;1-4-10(3)15(17)21-14-8-11-6-12(14)13(7-11)16(18)20-9-19-5-2;1-5-15(3,4)14(18)19-12-9-13(17)20-16(6-2)10-7-8-11-16;1-4-9(2)14(16)20-13-7-10-5-11(13)12(6-10)15(17)19-8-18-3;1-4-12(3)14(17)18-11-8-13(16)19-15(5-2)9-6-7-10-15;;;;;;;;;;;;/h11-14H,5-10H2,1-4H3;10-13H,5-9H2,1-4H3;10-14H,4-9H2,1-3H3;5-12H2,1-4H3;9-13H,4-8H2,1-3H3;12H,4-11H2,1-3H3;12*1H4. The lowest BCUT2D eigenvalue weighted by molar-refractivity contribution is -0.172. The molecule has 10 fully saturated rings. The van der Waals surface area contributed by atoms with Gasteiger partial charge in [-0.15, -0.1) is 0 Å². The van der Waals surface area contributed by atoms with Crippen LogP contribution in [0.25, 0.3) is 0 Å². The van der Waals surface area contributed by atoms with Gasteiger partial charge in [0.05, 0.1) is 70.5 Å². The average molecular weight is 1940 g/mol. The Kier molecular flexibility index (Phi) is 74.8. The van der Waals surface area contributed by atoms with E-state index in [2.05, 4.69) is 13.8 Å². The largest absolute Gasteiger partial charge is 0.465 e. The highest BCUT2D eigenvalue weighted by Crippen LogP contribution is 2.54. The van der Waals surface area contributed by atoms with Crippen molar-refractivity contribution in [3.8, 4) is 0 Å². The van der Waals surface area contributed by atoms with Gasteiger partial charge < -0.3 is 75.8 Å². The smallest absolute Gasteiger partial charge is 0.311 e. The van der Waals surface area contributed by atoms with E-state index in [1.807, 2.05) is 118 Å². The Morgan fingerprint density at radius 3 is 0.807 bits per heavy atom. The summed E-state index contributed by atoms with van der Waals surface area (Å²) in [7, 11) is 2.98. The van der Waals surface area contributed by atoms with Gasteiger partial charge in [0.15, 0.2) is 27.2 Å². The van der Waals surface area contributed by atoms with Crippen molar-refractivity contribution < 1.29 is 133 Å². The zero-order chi connectivity index (χ0) is 91.6. The van der Waals surface area contributed by atoms with Crippen molar-refractivity contribution in [1.82, 2.24) is 0 Å². The van der Waals surface area contributed by atoms with Gasteiger partial charge >= 0.3 is 71.6 Å². The van der Waals surface area contributed by atoms with Gasteiger partial charge in [-0.2, -0.15) is 0 Å². The van der Waals surface area contributed by atoms with Crippen LogP contribution in [0.4, 0.5) is 0 Å². The Hall–Kier alpha value is -6.52. The molecule has 10 aliphatic rings. The minimum Gasteiger partial charge on any atom is -0.465 e. The summed E-state index contributed by atoms with van der Waals surface area (Å²) in [5.41, 5.74) is -1.93. The number of methoxy groups -OCH3 is 2. The van der Waals surface area contributed by atoms with Crippen LogP contribution in [0.15, 0.2) is 0 Å². The van der Waals surface area contributed by atoms with Crippen molar-refractivity contribution in [2.45, 2.75) is 449 Å². The lowest BCUT2D eigenvalue weighted by Crippen LogP contribution is -2.37. The third-order valence-electron chi connectivity index (χ3n) is 28.3.